The Kier molecular flexibility index (Phi) is 7.96. The Labute approximate surface area is 291 Å². The molecular weight excluding hydrogens is 749 g/mol. The number of ether oxygens (including phenoxy) is 3. The summed E-state index contributed by atoms with van der Waals surface area (Å²) in [5, 5.41) is 10.7. The van der Waals surface area contributed by atoms with Gasteiger partial charge in [0.2, 0.25) is 0 Å². The molecule has 1 N–H and O–H groups in total. The van der Waals surface area contributed by atoms with Crippen LogP contribution in [-0.4, -0.2) is 61.5 Å². The van der Waals surface area contributed by atoms with Crippen molar-refractivity contribution in [2.45, 2.75) is 37.9 Å². The zero-order valence-electron chi connectivity index (χ0n) is 26.9. The van der Waals surface area contributed by atoms with Crippen LogP contribution in [0.5, 0.6) is 23.0 Å². The Bertz CT molecular complexity index is 2410. The van der Waals surface area contributed by atoms with Crippen LogP contribution in [-0.2, 0) is 36.1 Å². The Morgan fingerprint density at radius 3 is 2.37 bits per heavy atom. The van der Waals surface area contributed by atoms with Gasteiger partial charge in [0, 0.05) is 61.7 Å². The van der Waals surface area contributed by atoms with Crippen molar-refractivity contribution in [1.29, 1.82) is 0 Å². The zero-order chi connectivity index (χ0) is 34.9. The SMILES string of the molecule is COc1ccc([C@H]2C3=CCn4c(=O)n(CCc5nc6cc(OC)c(OC)cc6n(C)c5=O)c(=O)n4[C@@H]3CC3=C2C(=O)C(I)=CC3=O)cc1O. The molecule has 3 aliphatic rings. The number of aromatic nitrogens is 5. The summed E-state index contributed by atoms with van der Waals surface area (Å²) in [6.07, 6.45) is 3.09. The maximum absolute atomic E-state index is 14.1. The van der Waals surface area contributed by atoms with E-state index in [1.807, 2.05) is 22.6 Å². The molecule has 252 valence electrons. The lowest BCUT2D eigenvalue weighted by Gasteiger charge is -2.39. The fourth-order valence-electron chi connectivity index (χ4n) is 7.06. The molecule has 0 radical (unpaired) electrons. The second-order valence-electron chi connectivity index (χ2n) is 11.9. The standard InChI is InChI=1S/C34H30IN5O9/c1-37-23-15-28(49-4)27(48-3)14-21(23)36-20(32(37)44)8-9-38-33(45)39-10-7-17-22(40(39)34(38)46)12-18-24(41)13-19(35)31(43)30(18)29(17)16-5-6-26(47-2)25(42)11-16/h5-7,11,13-15,22,29,42H,8-10,12H2,1-4H3/t22-,29+/m1/s1. The maximum Gasteiger partial charge on any atom is 0.347 e. The predicted molar refractivity (Wildman–Crippen MR) is 185 cm³/mol. The van der Waals surface area contributed by atoms with E-state index in [0.717, 1.165) is 4.57 Å². The number of benzene rings is 2. The Morgan fingerprint density at radius 2 is 1.67 bits per heavy atom. The van der Waals surface area contributed by atoms with Crippen LogP contribution in [0.3, 0.4) is 0 Å². The van der Waals surface area contributed by atoms with Crippen LogP contribution in [0.25, 0.3) is 11.0 Å². The van der Waals surface area contributed by atoms with Gasteiger partial charge >= 0.3 is 11.4 Å². The van der Waals surface area contributed by atoms with E-state index in [2.05, 4.69) is 4.98 Å². The van der Waals surface area contributed by atoms with Gasteiger partial charge < -0.3 is 23.9 Å². The highest BCUT2D eigenvalue weighted by Gasteiger charge is 2.45. The number of hydrogen-bond acceptors (Lipinski definition) is 10. The molecule has 15 heteroatoms. The third kappa shape index (κ3) is 4.97. The van der Waals surface area contributed by atoms with E-state index in [1.54, 1.807) is 37.4 Å². The monoisotopic (exact) mass is 779 g/mol. The van der Waals surface area contributed by atoms with Crippen LogP contribution in [0.15, 0.2) is 77.2 Å². The topological polar surface area (TPSA) is 166 Å². The number of methoxy groups -OCH3 is 3. The van der Waals surface area contributed by atoms with Crippen molar-refractivity contribution in [2.75, 3.05) is 21.3 Å². The molecule has 2 aliphatic carbocycles. The quantitative estimate of drug-likeness (QED) is 0.167. The molecule has 0 amide bonds. The fraction of sp³-hybridized carbons (Fsp3) is 0.294. The first-order chi connectivity index (χ1) is 23.5. The van der Waals surface area contributed by atoms with E-state index in [1.165, 1.54) is 47.4 Å². The molecule has 0 unspecified atom stereocenters. The first kappa shape index (κ1) is 32.4. The second kappa shape index (κ2) is 12.0. The molecule has 49 heavy (non-hydrogen) atoms. The van der Waals surface area contributed by atoms with Gasteiger partial charge in [-0.3, -0.25) is 14.4 Å². The first-order valence-corrected chi connectivity index (χ1v) is 16.4. The number of rotatable bonds is 7. The molecule has 3 heterocycles. The third-order valence-electron chi connectivity index (χ3n) is 9.44. The van der Waals surface area contributed by atoms with Crippen LogP contribution < -0.4 is 31.1 Å². The van der Waals surface area contributed by atoms with Gasteiger partial charge in [-0.25, -0.2) is 28.5 Å². The number of phenolic OH excluding ortho intramolecular Hbond substituents is 1. The lowest BCUT2D eigenvalue weighted by atomic mass is 9.69. The number of carbonyl (C=O) groups excluding carboxylic acids is 2. The van der Waals surface area contributed by atoms with E-state index >= 15 is 0 Å². The van der Waals surface area contributed by atoms with Crippen molar-refractivity contribution in [3.05, 3.63) is 105 Å². The molecule has 0 bridgehead atoms. The molecule has 0 fully saturated rings. The van der Waals surface area contributed by atoms with Gasteiger partial charge in [0.1, 0.15) is 5.69 Å². The number of Topliss-reactive ketones (excluding diaryl/α,β-unsaturated/α-hetero) is 1. The number of hydrogen-bond donors (Lipinski definition) is 1. The Hall–Kier alpha value is -5.19. The average Bonchev–Trinajstić information content (AvgIpc) is 3.34. The van der Waals surface area contributed by atoms with E-state index < -0.39 is 23.3 Å². The number of halogens is 1. The smallest absolute Gasteiger partial charge is 0.347 e. The summed E-state index contributed by atoms with van der Waals surface area (Å²) in [6, 6.07) is 7.31. The molecule has 7 rings (SSSR count). The van der Waals surface area contributed by atoms with Gasteiger partial charge in [0.15, 0.2) is 34.6 Å². The lowest BCUT2D eigenvalue weighted by Crippen LogP contribution is -2.40. The van der Waals surface area contributed by atoms with Crippen LogP contribution in [0, 0.1) is 0 Å². The molecule has 2 atom stereocenters. The van der Waals surface area contributed by atoms with E-state index in [0.29, 0.717) is 39.2 Å². The number of carbonyl (C=O) groups is 2. The first-order valence-electron chi connectivity index (χ1n) is 15.3. The molecule has 1 aliphatic heterocycles. The summed E-state index contributed by atoms with van der Waals surface area (Å²) in [7, 11) is 6.01. The van der Waals surface area contributed by atoms with E-state index in [9.17, 15) is 29.1 Å². The summed E-state index contributed by atoms with van der Waals surface area (Å²) >= 11 is 1.85. The third-order valence-corrected chi connectivity index (χ3v) is 10.2. The summed E-state index contributed by atoms with van der Waals surface area (Å²) < 4.78 is 21.4. The van der Waals surface area contributed by atoms with Gasteiger partial charge in [-0.05, 0) is 45.9 Å². The predicted octanol–water partition coefficient (Wildman–Crippen LogP) is 2.47. The second-order valence-corrected chi connectivity index (χ2v) is 13.0. The van der Waals surface area contributed by atoms with Gasteiger partial charge in [-0.1, -0.05) is 12.1 Å². The minimum Gasteiger partial charge on any atom is -0.504 e. The van der Waals surface area contributed by atoms with Crippen molar-refractivity contribution in [3.63, 3.8) is 0 Å². The number of fused-ring (bicyclic) bond motifs is 4. The molecule has 2 aromatic heterocycles. The number of phenols is 1. The fourth-order valence-corrected chi connectivity index (χ4v) is 7.64. The molecule has 0 spiro atoms. The van der Waals surface area contributed by atoms with Crippen LogP contribution in [0.4, 0.5) is 0 Å². The number of aryl methyl sites for hydroxylation is 2. The summed E-state index contributed by atoms with van der Waals surface area (Å²) in [6.45, 7) is -0.101. The van der Waals surface area contributed by atoms with Gasteiger partial charge in [-0.2, -0.15) is 0 Å². The highest BCUT2D eigenvalue weighted by molar-refractivity contribution is 14.1. The average molecular weight is 780 g/mol. The minimum absolute atomic E-state index is 0.0136. The molecule has 2 aromatic carbocycles. The highest BCUT2D eigenvalue weighted by atomic mass is 127. The molecule has 4 aromatic rings. The van der Waals surface area contributed by atoms with Gasteiger partial charge in [-0.15, -0.1) is 0 Å². The normalized spacial score (nSPS) is 18.5. The van der Waals surface area contributed by atoms with Crippen molar-refractivity contribution in [2.24, 2.45) is 7.05 Å². The summed E-state index contributed by atoms with van der Waals surface area (Å²) in [5.41, 5.74) is 1.29. The van der Waals surface area contributed by atoms with Crippen molar-refractivity contribution in [3.8, 4) is 23.0 Å². The molecular formula is C34H30IN5O9. The summed E-state index contributed by atoms with van der Waals surface area (Å²) in [4.78, 5) is 72.6. The van der Waals surface area contributed by atoms with Crippen LogP contribution in [0.1, 0.15) is 29.6 Å². The number of allylic oxidation sites excluding steroid dienone is 6. The van der Waals surface area contributed by atoms with Crippen LogP contribution in [0.2, 0.25) is 0 Å². The Balaban J connectivity index is 1.29. The molecule has 0 saturated heterocycles. The van der Waals surface area contributed by atoms with Crippen molar-refractivity contribution < 1.29 is 28.9 Å². The largest absolute Gasteiger partial charge is 0.504 e. The maximum atomic E-state index is 14.1. The van der Waals surface area contributed by atoms with Crippen LogP contribution >= 0.6 is 22.6 Å². The molecule has 0 saturated carbocycles. The zero-order valence-corrected chi connectivity index (χ0v) is 29.0. The highest BCUT2D eigenvalue weighted by Crippen LogP contribution is 2.51. The van der Waals surface area contributed by atoms with E-state index in [-0.39, 0.29) is 69.4 Å². The van der Waals surface area contributed by atoms with Crippen molar-refractivity contribution >= 4 is 45.2 Å². The summed E-state index contributed by atoms with van der Waals surface area (Å²) in [5.74, 6) is -0.453. The number of ketones is 2. The number of nitrogens with zero attached hydrogens (tertiary/aromatic N) is 5. The van der Waals surface area contributed by atoms with E-state index in [4.69, 9.17) is 14.2 Å². The molecule has 14 nitrogen and oxygen atoms in total. The Morgan fingerprint density at radius 1 is 0.959 bits per heavy atom. The van der Waals surface area contributed by atoms with Crippen molar-refractivity contribution in [1.82, 2.24) is 23.5 Å². The number of aromatic hydroxyl groups is 1. The van der Waals surface area contributed by atoms with Gasteiger partial charge in [0.25, 0.3) is 5.56 Å². The minimum atomic E-state index is -0.766. The lowest BCUT2D eigenvalue weighted by molar-refractivity contribution is -0.115. The van der Waals surface area contributed by atoms with Gasteiger partial charge in [0.05, 0.1) is 48.5 Å².